The van der Waals surface area contributed by atoms with Crippen molar-refractivity contribution >= 4 is 54.1 Å². The van der Waals surface area contributed by atoms with Gasteiger partial charge in [-0.05, 0) is 113 Å². The molecule has 0 aliphatic carbocycles. The zero-order chi connectivity index (χ0) is 36.3. The number of imidazole rings is 1. The van der Waals surface area contributed by atoms with Crippen LogP contribution in [0.15, 0.2) is 206 Å². The van der Waals surface area contributed by atoms with Crippen LogP contribution >= 0.6 is 0 Å². The molecule has 11 rings (SSSR count). The van der Waals surface area contributed by atoms with Gasteiger partial charge >= 0.3 is 0 Å². The molecule has 0 radical (unpaired) electrons. The summed E-state index contributed by atoms with van der Waals surface area (Å²) in [6.07, 6.45) is 0. The van der Waals surface area contributed by atoms with Crippen LogP contribution in [0.4, 0.5) is 0 Å². The van der Waals surface area contributed by atoms with Crippen molar-refractivity contribution in [1.29, 1.82) is 0 Å². The first-order valence-corrected chi connectivity index (χ1v) is 18.9. The molecule has 0 aliphatic heterocycles. The van der Waals surface area contributed by atoms with Crippen LogP contribution < -0.4 is 0 Å². The maximum Gasteiger partial charge on any atom is 0.145 e. The molecule has 0 fully saturated rings. The molecule has 0 saturated heterocycles. The third-order valence-corrected chi connectivity index (χ3v) is 11.2. The van der Waals surface area contributed by atoms with Gasteiger partial charge in [0.05, 0.1) is 11.0 Å². The van der Waals surface area contributed by atoms with E-state index in [1.165, 1.54) is 76.5 Å². The minimum Gasteiger partial charge on any atom is -0.292 e. The summed E-state index contributed by atoms with van der Waals surface area (Å²) in [4.78, 5) is 5.24. The van der Waals surface area contributed by atoms with Gasteiger partial charge in [0.15, 0.2) is 0 Å². The quantitative estimate of drug-likeness (QED) is 0.164. The molecule has 0 atom stereocenters. The van der Waals surface area contributed by atoms with Crippen LogP contribution in [0.3, 0.4) is 0 Å². The molecule has 0 N–H and O–H groups in total. The summed E-state index contributed by atoms with van der Waals surface area (Å²) in [7, 11) is 0. The van der Waals surface area contributed by atoms with E-state index in [0.29, 0.717) is 0 Å². The molecule has 0 unspecified atom stereocenters. The molecule has 1 aromatic heterocycles. The number of nitrogens with zero attached hydrogens (tertiary/aromatic N) is 2. The van der Waals surface area contributed by atoms with Crippen LogP contribution in [0.5, 0.6) is 0 Å². The van der Waals surface area contributed by atoms with E-state index in [0.717, 1.165) is 28.1 Å². The molecule has 11 aromatic rings. The Balaban J connectivity index is 1.07. The monoisotopic (exact) mass is 698 g/mol. The Morgan fingerprint density at radius 1 is 0.327 bits per heavy atom. The molecular formula is C53H34N2. The summed E-state index contributed by atoms with van der Waals surface area (Å²) in [5.74, 6) is 0.923. The number of fused-ring (bicyclic) bond motifs is 5. The smallest absolute Gasteiger partial charge is 0.145 e. The first-order valence-electron chi connectivity index (χ1n) is 18.9. The van der Waals surface area contributed by atoms with Gasteiger partial charge in [-0.1, -0.05) is 170 Å². The predicted molar refractivity (Wildman–Crippen MR) is 233 cm³/mol. The van der Waals surface area contributed by atoms with Gasteiger partial charge in [-0.25, -0.2) is 4.98 Å². The van der Waals surface area contributed by atoms with Crippen molar-refractivity contribution in [3.8, 4) is 50.5 Å². The summed E-state index contributed by atoms with van der Waals surface area (Å²) in [5, 5.41) is 9.99. The average Bonchev–Trinajstić information content (AvgIpc) is 3.65. The molecule has 1 heterocycles. The highest BCUT2D eigenvalue weighted by molar-refractivity contribution is 6.21. The van der Waals surface area contributed by atoms with Crippen LogP contribution in [0.25, 0.3) is 105 Å². The van der Waals surface area contributed by atoms with Gasteiger partial charge in [0.2, 0.25) is 0 Å². The standard InChI is InChI=1S/C53H34N2/c1-2-15-38-33-40(28-27-35(38)13-1)52-47-22-7-5-20-45(47)51(46-21-6-8-23-48(46)52)37-29-31-42(32-30-37)55-50-26-10-9-25-49(50)54-53(55)41-18-11-17-39(34-41)44-24-12-16-36-14-3-4-19-43(36)44/h1-34H. The van der Waals surface area contributed by atoms with E-state index in [1.54, 1.807) is 0 Å². The van der Waals surface area contributed by atoms with E-state index in [-0.39, 0.29) is 0 Å². The summed E-state index contributed by atoms with van der Waals surface area (Å²) < 4.78 is 2.31. The Kier molecular flexibility index (Phi) is 7.21. The molecule has 256 valence electrons. The number of para-hydroxylation sites is 2. The number of benzene rings is 10. The highest BCUT2D eigenvalue weighted by Crippen LogP contribution is 2.44. The highest BCUT2D eigenvalue weighted by atomic mass is 15.1. The second-order valence-corrected chi connectivity index (χ2v) is 14.3. The number of rotatable bonds is 5. The fourth-order valence-electron chi connectivity index (χ4n) is 8.66. The van der Waals surface area contributed by atoms with Gasteiger partial charge in [0.1, 0.15) is 5.82 Å². The van der Waals surface area contributed by atoms with E-state index in [9.17, 15) is 0 Å². The molecule has 0 bridgehead atoms. The second-order valence-electron chi connectivity index (χ2n) is 14.3. The van der Waals surface area contributed by atoms with Gasteiger partial charge < -0.3 is 0 Å². The van der Waals surface area contributed by atoms with Gasteiger partial charge in [0, 0.05) is 11.3 Å². The Labute approximate surface area is 319 Å². The molecule has 0 aliphatic rings. The van der Waals surface area contributed by atoms with Crippen LogP contribution in [0.2, 0.25) is 0 Å². The number of aromatic nitrogens is 2. The Morgan fingerprint density at radius 3 is 1.62 bits per heavy atom. The fourth-order valence-corrected chi connectivity index (χ4v) is 8.66. The van der Waals surface area contributed by atoms with Crippen molar-refractivity contribution in [2.24, 2.45) is 0 Å². The summed E-state index contributed by atoms with van der Waals surface area (Å²) >= 11 is 0. The fraction of sp³-hybridized carbons (Fsp3) is 0. The normalized spacial score (nSPS) is 11.6. The van der Waals surface area contributed by atoms with Gasteiger partial charge in [-0.3, -0.25) is 4.57 Å². The zero-order valence-corrected chi connectivity index (χ0v) is 30.0. The van der Waals surface area contributed by atoms with Gasteiger partial charge in [0.25, 0.3) is 0 Å². The Hall–Kier alpha value is -7.29. The van der Waals surface area contributed by atoms with E-state index >= 15 is 0 Å². The lowest BCUT2D eigenvalue weighted by Gasteiger charge is -2.18. The van der Waals surface area contributed by atoms with Crippen molar-refractivity contribution in [3.05, 3.63) is 206 Å². The lowest BCUT2D eigenvalue weighted by Crippen LogP contribution is -1.98. The molecular weight excluding hydrogens is 665 g/mol. The van der Waals surface area contributed by atoms with Crippen molar-refractivity contribution in [3.63, 3.8) is 0 Å². The topological polar surface area (TPSA) is 17.8 Å². The molecule has 2 heteroatoms. The van der Waals surface area contributed by atoms with Gasteiger partial charge in [-0.2, -0.15) is 0 Å². The zero-order valence-electron chi connectivity index (χ0n) is 30.0. The second kappa shape index (κ2) is 12.7. The highest BCUT2D eigenvalue weighted by Gasteiger charge is 2.19. The van der Waals surface area contributed by atoms with Crippen molar-refractivity contribution in [2.75, 3.05) is 0 Å². The van der Waals surface area contributed by atoms with Crippen molar-refractivity contribution in [2.45, 2.75) is 0 Å². The van der Waals surface area contributed by atoms with Crippen molar-refractivity contribution < 1.29 is 0 Å². The number of hydrogen-bond donors (Lipinski definition) is 0. The molecule has 10 aromatic carbocycles. The average molecular weight is 699 g/mol. The SMILES string of the molecule is c1cc(-c2cccc3ccccc23)cc(-c2nc3ccccc3n2-c2ccc(-c3c4ccccc4c(-c4ccc5ccccc5c4)c4ccccc34)cc2)c1. The lowest BCUT2D eigenvalue weighted by molar-refractivity contribution is 1.10. The Bertz CT molecular complexity index is 3200. The van der Waals surface area contributed by atoms with E-state index < -0.39 is 0 Å². The molecule has 55 heavy (non-hydrogen) atoms. The summed E-state index contributed by atoms with van der Waals surface area (Å²) in [6.45, 7) is 0. The maximum atomic E-state index is 5.24. The first kappa shape index (κ1) is 31.3. The van der Waals surface area contributed by atoms with Crippen LogP contribution in [-0.4, -0.2) is 9.55 Å². The molecule has 2 nitrogen and oxygen atoms in total. The molecule has 0 spiro atoms. The maximum absolute atomic E-state index is 5.24. The minimum absolute atomic E-state index is 0.923. The minimum atomic E-state index is 0.923. The van der Waals surface area contributed by atoms with E-state index in [1.807, 2.05) is 0 Å². The van der Waals surface area contributed by atoms with Crippen molar-refractivity contribution in [1.82, 2.24) is 9.55 Å². The Morgan fingerprint density at radius 2 is 0.873 bits per heavy atom. The number of hydrogen-bond acceptors (Lipinski definition) is 1. The first-order chi connectivity index (χ1) is 27.3. The predicted octanol–water partition coefficient (Wildman–Crippen LogP) is 14.3. The summed E-state index contributed by atoms with van der Waals surface area (Å²) in [5.41, 5.74) is 11.5. The van der Waals surface area contributed by atoms with Gasteiger partial charge in [-0.15, -0.1) is 0 Å². The van der Waals surface area contributed by atoms with E-state index in [2.05, 4.69) is 211 Å². The molecule has 0 saturated carbocycles. The van der Waals surface area contributed by atoms with E-state index in [4.69, 9.17) is 4.98 Å². The largest absolute Gasteiger partial charge is 0.292 e. The van der Waals surface area contributed by atoms with Crippen LogP contribution in [0.1, 0.15) is 0 Å². The summed E-state index contributed by atoms with van der Waals surface area (Å²) in [6, 6.07) is 74.7. The third-order valence-electron chi connectivity index (χ3n) is 11.2. The van der Waals surface area contributed by atoms with Crippen LogP contribution in [-0.2, 0) is 0 Å². The van der Waals surface area contributed by atoms with Crippen LogP contribution in [0, 0.1) is 0 Å². The molecule has 0 amide bonds. The third kappa shape index (κ3) is 5.15. The lowest BCUT2D eigenvalue weighted by atomic mass is 9.85.